The molecule has 0 unspecified atom stereocenters. The minimum Gasteiger partial charge on any atom is -0.456 e. The third-order valence-electron chi connectivity index (χ3n) is 3.54. The maximum atomic E-state index is 6.15. The molecule has 0 fully saturated rings. The van der Waals surface area contributed by atoms with Crippen LogP contribution in [0.15, 0.2) is 53.1 Å². The molecular weight excluding hydrogens is 324 g/mol. The molecule has 0 saturated carbocycles. The van der Waals surface area contributed by atoms with Gasteiger partial charge >= 0.3 is 0 Å². The number of hydrogen-bond donors (Lipinski definition) is 1. The van der Waals surface area contributed by atoms with Crippen LogP contribution in [0.4, 0.5) is 5.69 Å². The summed E-state index contributed by atoms with van der Waals surface area (Å²) >= 11 is 6.15. The summed E-state index contributed by atoms with van der Waals surface area (Å²) in [6, 6.07) is 12.7. The zero-order chi connectivity index (χ0) is 17.3. The lowest BCUT2D eigenvalue weighted by molar-refractivity contribution is 0.482. The Bertz CT molecular complexity index is 866. The Morgan fingerprint density at radius 1 is 1.12 bits per heavy atom. The van der Waals surface area contributed by atoms with E-state index in [4.69, 9.17) is 26.5 Å². The summed E-state index contributed by atoms with van der Waals surface area (Å²) in [5.74, 6) is 1.76. The highest BCUT2D eigenvalue weighted by Crippen LogP contribution is 2.33. The zero-order valence-electron chi connectivity index (χ0n) is 13.8. The lowest BCUT2D eigenvalue weighted by Gasteiger charge is -2.13. The molecule has 1 aromatic heterocycles. The van der Waals surface area contributed by atoms with Gasteiger partial charge in [0.2, 0.25) is 5.89 Å². The van der Waals surface area contributed by atoms with Crippen molar-refractivity contribution < 1.29 is 9.15 Å². The average molecular weight is 343 g/mol. The van der Waals surface area contributed by atoms with Crippen LogP contribution >= 0.6 is 11.6 Å². The molecule has 0 spiro atoms. The topological polar surface area (TPSA) is 61.3 Å². The standard InChI is InChI=1S/C19H19ClN2O2/c1-19(2,3)17-11-23-18(22-17)12-5-4-6-14(9-12)24-16-8-7-13(21)10-15(16)20/h4-11H,21H2,1-3H3. The number of anilines is 1. The van der Waals surface area contributed by atoms with Crippen LogP contribution in [0.5, 0.6) is 11.5 Å². The van der Waals surface area contributed by atoms with Gasteiger partial charge in [0.05, 0.1) is 10.7 Å². The third kappa shape index (κ3) is 3.54. The van der Waals surface area contributed by atoms with Gasteiger partial charge in [-0.05, 0) is 36.4 Å². The van der Waals surface area contributed by atoms with Crippen LogP contribution in [-0.4, -0.2) is 4.98 Å². The molecule has 0 bridgehead atoms. The normalized spacial score (nSPS) is 11.5. The fourth-order valence-electron chi connectivity index (χ4n) is 2.17. The minimum atomic E-state index is -0.0621. The Morgan fingerprint density at radius 2 is 1.92 bits per heavy atom. The lowest BCUT2D eigenvalue weighted by Crippen LogP contribution is -2.11. The van der Waals surface area contributed by atoms with Crippen LogP contribution in [0.3, 0.4) is 0 Å². The first-order valence-electron chi connectivity index (χ1n) is 7.62. The van der Waals surface area contributed by atoms with Crippen LogP contribution in [0, 0.1) is 0 Å². The molecule has 124 valence electrons. The number of nitrogens with zero attached hydrogens (tertiary/aromatic N) is 1. The van der Waals surface area contributed by atoms with Gasteiger partial charge in [-0.15, -0.1) is 0 Å². The fourth-order valence-corrected chi connectivity index (χ4v) is 2.40. The molecule has 0 aliphatic heterocycles. The molecule has 0 saturated heterocycles. The highest BCUT2D eigenvalue weighted by atomic mass is 35.5. The molecule has 2 aromatic carbocycles. The van der Waals surface area contributed by atoms with Crippen molar-refractivity contribution in [2.45, 2.75) is 26.2 Å². The number of benzene rings is 2. The number of nitrogen functional groups attached to an aromatic ring is 1. The molecule has 24 heavy (non-hydrogen) atoms. The van der Waals surface area contributed by atoms with Gasteiger partial charge in [-0.2, -0.15) is 0 Å². The molecule has 1 heterocycles. The SMILES string of the molecule is CC(C)(C)c1coc(-c2cccc(Oc3ccc(N)cc3Cl)c2)n1. The van der Waals surface area contributed by atoms with Crippen molar-refractivity contribution in [3.8, 4) is 23.0 Å². The first-order valence-corrected chi connectivity index (χ1v) is 8.00. The Kier molecular flexibility index (Phi) is 4.24. The Labute approximate surface area is 146 Å². The van der Waals surface area contributed by atoms with E-state index in [9.17, 15) is 0 Å². The van der Waals surface area contributed by atoms with Crippen molar-refractivity contribution in [1.29, 1.82) is 0 Å². The van der Waals surface area contributed by atoms with E-state index in [1.54, 1.807) is 24.5 Å². The Hall–Kier alpha value is -2.46. The van der Waals surface area contributed by atoms with Crippen LogP contribution in [0.2, 0.25) is 5.02 Å². The van der Waals surface area contributed by atoms with E-state index in [0.717, 1.165) is 11.3 Å². The van der Waals surface area contributed by atoms with Crippen LogP contribution in [-0.2, 0) is 5.41 Å². The molecule has 3 rings (SSSR count). The largest absolute Gasteiger partial charge is 0.456 e. The highest BCUT2D eigenvalue weighted by molar-refractivity contribution is 6.32. The Balaban J connectivity index is 1.88. The molecule has 0 radical (unpaired) electrons. The van der Waals surface area contributed by atoms with Crippen molar-refractivity contribution in [2.75, 3.05) is 5.73 Å². The smallest absolute Gasteiger partial charge is 0.226 e. The van der Waals surface area contributed by atoms with Gasteiger partial charge < -0.3 is 14.9 Å². The molecule has 0 aliphatic carbocycles. The van der Waals surface area contributed by atoms with E-state index in [-0.39, 0.29) is 5.41 Å². The van der Waals surface area contributed by atoms with Crippen molar-refractivity contribution in [3.63, 3.8) is 0 Å². The van der Waals surface area contributed by atoms with Crippen molar-refractivity contribution in [1.82, 2.24) is 4.98 Å². The average Bonchev–Trinajstić information content (AvgIpc) is 3.01. The second-order valence-electron chi connectivity index (χ2n) is 6.61. The van der Waals surface area contributed by atoms with Gasteiger partial charge in [0, 0.05) is 16.7 Å². The number of halogens is 1. The molecule has 3 aromatic rings. The summed E-state index contributed by atoms with van der Waals surface area (Å²) < 4.78 is 11.5. The van der Waals surface area contributed by atoms with E-state index in [1.807, 2.05) is 24.3 Å². The summed E-state index contributed by atoms with van der Waals surface area (Å²) in [5.41, 5.74) is 7.98. The second-order valence-corrected chi connectivity index (χ2v) is 7.01. The molecule has 0 aliphatic rings. The predicted molar refractivity (Wildman–Crippen MR) is 96.6 cm³/mol. The predicted octanol–water partition coefficient (Wildman–Crippen LogP) is 5.67. The van der Waals surface area contributed by atoms with Gasteiger partial charge in [0.25, 0.3) is 0 Å². The number of oxazole rings is 1. The zero-order valence-corrected chi connectivity index (χ0v) is 14.6. The lowest BCUT2D eigenvalue weighted by atomic mass is 9.93. The van der Waals surface area contributed by atoms with Gasteiger partial charge in [0.15, 0.2) is 0 Å². The van der Waals surface area contributed by atoms with Crippen molar-refractivity contribution in [2.24, 2.45) is 0 Å². The van der Waals surface area contributed by atoms with E-state index in [1.165, 1.54) is 0 Å². The molecular formula is C19H19ClN2O2. The highest BCUT2D eigenvalue weighted by Gasteiger charge is 2.19. The van der Waals surface area contributed by atoms with Crippen molar-refractivity contribution >= 4 is 17.3 Å². The fraction of sp³-hybridized carbons (Fsp3) is 0.211. The number of rotatable bonds is 3. The van der Waals surface area contributed by atoms with E-state index in [0.29, 0.717) is 28.1 Å². The van der Waals surface area contributed by atoms with E-state index < -0.39 is 0 Å². The van der Waals surface area contributed by atoms with Gasteiger partial charge in [-0.25, -0.2) is 4.98 Å². The monoisotopic (exact) mass is 342 g/mol. The molecule has 4 nitrogen and oxygen atoms in total. The first-order chi connectivity index (χ1) is 11.3. The van der Waals surface area contributed by atoms with Gasteiger partial charge in [-0.1, -0.05) is 38.4 Å². The number of ether oxygens (including phenoxy) is 1. The molecule has 0 atom stereocenters. The first kappa shape index (κ1) is 16.4. The van der Waals surface area contributed by atoms with Crippen LogP contribution < -0.4 is 10.5 Å². The summed E-state index contributed by atoms with van der Waals surface area (Å²) in [6.45, 7) is 6.28. The summed E-state index contributed by atoms with van der Waals surface area (Å²) in [4.78, 5) is 4.56. The minimum absolute atomic E-state index is 0.0621. The molecule has 2 N–H and O–H groups in total. The van der Waals surface area contributed by atoms with Crippen molar-refractivity contribution in [3.05, 3.63) is 59.4 Å². The molecule has 5 heteroatoms. The summed E-state index contributed by atoms with van der Waals surface area (Å²) in [7, 11) is 0. The number of aromatic nitrogens is 1. The van der Waals surface area contributed by atoms with E-state index in [2.05, 4.69) is 25.8 Å². The van der Waals surface area contributed by atoms with Crippen LogP contribution in [0.25, 0.3) is 11.5 Å². The summed E-state index contributed by atoms with van der Waals surface area (Å²) in [5, 5.41) is 0.464. The van der Waals surface area contributed by atoms with Crippen LogP contribution in [0.1, 0.15) is 26.5 Å². The maximum Gasteiger partial charge on any atom is 0.226 e. The number of hydrogen-bond acceptors (Lipinski definition) is 4. The van der Waals surface area contributed by atoms with Gasteiger partial charge in [-0.3, -0.25) is 0 Å². The maximum absolute atomic E-state index is 6.15. The number of nitrogens with two attached hydrogens (primary N) is 1. The quantitative estimate of drug-likeness (QED) is 0.623. The van der Waals surface area contributed by atoms with Gasteiger partial charge in [0.1, 0.15) is 17.8 Å². The molecule has 0 amide bonds. The second kappa shape index (κ2) is 6.21. The van der Waals surface area contributed by atoms with E-state index >= 15 is 0 Å². The Morgan fingerprint density at radius 3 is 2.58 bits per heavy atom. The summed E-state index contributed by atoms with van der Waals surface area (Å²) in [6.07, 6.45) is 1.69. The third-order valence-corrected chi connectivity index (χ3v) is 3.83.